The van der Waals surface area contributed by atoms with Crippen molar-refractivity contribution in [1.29, 1.82) is 0 Å². The second kappa shape index (κ2) is 5.63. The molecule has 1 saturated heterocycles. The highest BCUT2D eigenvalue weighted by molar-refractivity contribution is 5.78. The van der Waals surface area contributed by atoms with Crippen molar-refractivity contribution < 1.29 is 14.1 Å². The molecule has 0 N–H and O–H groups in total. The Morgan fingerprint density at radius 2 is 2.00 bits per heavy atom. The molecule has 0 radical (unpaired) electrons. The molecule has 0 unspecified atom stereocenters. The number of nitro groups is 1. The normalized spacial score (nSPS) is 14.3. The summed E-state index contributed by atoms with van der Waals surface area (Å²) in [4.78, 5) is 23.8. The van der Waals surface area contributed by atoms with Crippen LogP contribution in [-0.2, 0) is 0 Å². The largest absolute Gasteiger partial charge is 0.453 e. The van der Waals surface area contributed by atoms with E-state index in [0.29, 0.717) is 17.7 Å². The van der Waals surface area contributed by atoms with E-state index in [1.807, 2.05) is 4.90 Å². The van der Waals surface area contributed by atoms with Crippen LogP contribution in [0.5, 0.6) is 0 Å². The zero-order valence-electron chi connectivity index (χ0n) is 12.2. The Bertz CT molecular complexity index is 730. The predicted octanol–water partition coefficient (Wildman–Crippen LogP) is 3.58. The molecule has 1 fully saturated rings. The Morgan fingerprint density at radius 3 is 2.59 bits per heavy atom. The van der Waals surface area contributed by atoms with Gasteiger partial charge >= 0.3 is 0 Å². The van der Waals surface area contributed by atoms with Crippen molar-refractivity contribution in [3.63, 3.8) is 0 Å². The zero-order valence-corrected chi connectivity index (χ0v) is 12.2. The smallest absolute Gasteiger partial charge is 0.292 e. The molecule has 0 aliphatic carbocycles. The summed E-state index contributed by atoms with van der Waals surface area (Å²) in [5.74, 6) is 0.797. The van der Waals surface area contributed by atoms with Gasteiger partial charge in [0.2, 0.25) is 0 Å². The molecule has 1 aliphatic rings. The number of benzene rings is 1. The van der Waals surface area contributed by atoms with Gasteiger partial charge in [0, 0.05) is 24.7 Å². The van der Waals surface area contributed by atoms with Crippen molar-refractivity contribution in [3.8, 4) is 11.3 Å². The number of nitro benzene ring substituents is 1. The Hall–Kier alpha value is -2.63. The van der Waals surface area contributed by atoms with E-state index in [1.165, 1.54) is 0 Å². The fourth-order valence-corrected chi connectivity index (χ4v) is 2.87. The standard InChI is InChI=1S/C16H16N2O4/c1-11-8-15(18(20)21)14(17-6-2-3-7-17)9-13(11)16-5-4-12(10-19)22-16/h4-5,8-10H,2-3,6-7H2,1H3. The first-order chi connectivity index (χ1) is 10.6. The van der Waals surface area contributed by atoms with Crippen molar-refractivity contribution in [2.45, 2.75) is 19.8 Å². The quantitative estimate of drug-likeness (QED) is 0.490. The minimum Gasteiger partial charge on any atom is -0.453 e. The number of nitrogens with zero attached hydrogens (tertiary/aromatic N) is 2. The first-order valence-electron chi connectivity index (χ1n) is 7.19. The lowest BCUT2D eigenvalue weighted by Crippen LogP contribution is -2.19. The summed E-state index contributed by atoms with van der Waals surface area (Å²) in [7, 11) is 0. The van der Waals surface area contributed by atoms with E-state index < -0.39 is 0 Å². The lowest BCUT2D eigenvalue weighted by molar-refractivity contribution is -0.384. The van der Waals surface area contributed by atoms with E-state index in [2.05, 4.69) is 0 Å². The minimum absolute atomic E-state index is 0.116. The van der Waals surface area contributed by atoms with Gasteiger partial charge in [-0.2, -0.15) is 0 Å². The minimum atomic E-state index is -0.344. The van der Waals surface area contributed by atoms with Crippen LogP contribution in [0.1, 0.15) is 29.0 Å². The maximum Gasteiger partial charge on any atom is 0.292 e. The second-order valence-electron chi connectivity index (χ2n) is 5.43. The van der Waals surface area contributed by atoms with Crippen molar-refractivity contribution in [3.05, 3.63) is 45.7 Å². The van der Waals surface area contributed by atoms with Crippen LogP contribution in [0.25, 0.3) is 11.3 Å². The van der Waals surface area contributed by atoms with E-state index in [1.54, 1.807) is 31.2 Å². The topological polar surface area (TPSA) is 76.6 Å². The average molecular weight is 300 g/mol. The number of aldehydes is 1. The van der Waals surface area contributed by atoms with Crippen LogP contribution in [0.3, 0.4) is 0 Å². The second-order valence-corrected chi connectivity index (χ2v) is 5.43. The van der Waals surface area contributed by atoms with Gasteiger partial charge in [-0.25, -0.2) is 0 Å². The van der Waals surface area contributed by atoms with Gasteiger partial charge in [-0.05, 0) is 43.5 Å². The third-order valence-corrected chi connectivity index (χ3v) is 3.97. The lowest BCUT2D eigenvalue weighted by atomic mass is 10.0. The highest BCUT2D eigenvalue weighted by atomic mass is 16.6. The van der Waals surface area contributed by atoms with Gasteiger partial charge in [0.1, 0.15) is 11.4 Å². The van der Waals surface area contributed by atoms with E-state index in [4.69, 9.17) is 4.42 Å². The summed E-state index contributed by atoms with van der Waals surface area (Å²) in [6.07, 6.45) is 2.72. The van der Waals surface area contributed by atoms with E-state index in [-0.39, 0.29) is 16.4 Å². The van der Waals surface area contributed by atoms with Crippen LogP contribution in [0.4, 0.5) is 11.4 Å². The van der Waals surface area contributed by atoms with Gasteiger partial charge in [0.15, 0.2) is 12.0 Å². The van der Waals surface area contributed by atoms with Crippen molar-refractivity contribution in [1.82, 2.24) is 0 Å². The number of aryl methyl sites for hydroxylation is 1. The molecule has 0 spiro atoms. The number of anilines is 1. The van der Waals surface area contributed by atoms with Gasteiger partial charge in [-0.3, -0.25) is 14.9 Å². The fraction of sp³-hybridized carbons (Fsp3) is 0.312. The molecule has 3 rings (SSSR count). The molecule has 1 aromatic carbocycles. The summed E-state index contributed by atoms with van der Waals surface area (Å²) < 4.78 is 5.46. The highest BCUT2D eigenvalue weighted by Gasteiger charge is 2.24. The molecule has 22 heavy (non-hydrogen) atoms. The van der Waals surface area contributed by atoms with Crippen LogP contribution < -0.4 is 4.90 Å². The summed E-state index contributed by atoms with van der Waals surface area (Å²) >= 11 is 0. The fourth-order valence-electron chi connectivity index (χ4n) is 2.87. The molecule has 1 aromatic heterocycles. The monoisotopic (exact) mass is 300 g/mol. The average Bonchev–Trinajstić information content (AvgIpc) is 3.18. The third-order valence-electron chi connectivity index (χ3n) is 3.97. The molecular formula is C16H16N2O4. The van der Waals surface area contributed by atoms with Crippen LogP contribution >= 0.6 is 0 Å². The summed E-state index contributed by atoms with van der Waals surface area (Å²) in [6.45, 7) is 3.45. The molecule has 0 atom stereocenters. The van der Waals surface area contributed by atoms with Gasteiger partial charge < -0.3 is 9.32 Å². The van der Waals surface area contributed by atoms with Gasteiger partial charge in [0.25, 0.3) is 5.69 Å². The number of hydrogen-bond acceptors (Lipinski definition) is 5. The molecule has 6 heteroatoms. The molecule has 0 amide bonds. The first kappa shape index (κ1) is 14.3. The van der Waals surface area contributed by atoms with E-state index >= 15 is 0 Å². The lowest BCUT2D eigenvalue weighted by Gasteiger charge is -2.19. The summed E-state index contributed by atoms with van der Waals surface area (Å²) in [5, 5.41) is 11.3. The van der Waals surface area contributed by atoms with Gasteiger partial charge in [-0.1, -0.05) is 0 Å². The number of rotatable bonds is 4. The van der Waals surface area contributed by atoms with Gasteiger partial charge in [-0.15, -0.1) is 0 Å². The van der Waals surface area contributed by atoms with Crippen molar-refractivity contribution in [2.75, 3.05) is 18.0 Å². The Morgan fingerprint density at radius 1 is 1.27 bits per heavy atom. The number of carbonyl (C=O) groups excluding carboxylic acids is 1. The van der Waals surface area contributed by atoms with E-state index in [0.717, 1.165) is 37.1 Å². The summed E-state index contributed by atoms with van der Waals surface area (Å²) in [5.41, 5.74) is 2.26. The summed E-state index contributed by atoms with van der Waals surface area (Å²) in [6, 6.07) is 6.68. The molecule has 0 saturated carbocycles. The SMILES string of the molecule is Cc1cc([N+](=O)[O-])c(N2CCCC2)cc1-c1ccc(C=O)o1. The van der Waals surface area contributed by atoms with Crippen LogP contribution in [0.15, 0.2) is 28.7 Å². The Balaban J connectivity index is 2.12. The van der Waals surface area contributed by atoms with Crippen LogP contribution in [0, 0.1) is 17.0 Å². The molecule has 1 aliphatic heterocycles. The number of hydrogen-bond donors (Lipinski definition) is 0. The molecular weight excluding hydrogens is 284 g/mol. The number of furan rings is 1. The van der Waals surface area contributed by atoms with Crippen LogP contribution in [0.2, 0.25) is 0 Å². The van der Waals surface area contributed by atoms with E-state index in [9.17, 15) is 14.9 Å². The maximum absolute atomic E-state index is 11.3. The molecule has 2 aromatic rings. The Labute approximate surface area is 127 Å². The molecule has 0 bridgehead atoms. The number of carbonyl (C=O) groups is 1. The van der Waals surface area contributed by atoms with Gasteiger partial charge in [0.05, 0.1) is 4.92 Å². The van der Waals surface area contributed by atoms with Crippen molar-refractivity contribution >= 4 is 17.7 Å². The maximum atomic E-state index is 11.3. The zero-order chi connectivity index (χ0) is 15.7. The Kier molecular flexibility index (Phi) is 3.66. The predicted molar refractivity (Wildman–Crippen MR) is 82.4 cm³/mol. The highest BCUT2D eigenvalue weighted by Crippen LogP contribution is 2.37. The third kappa shape index (κ3) is 2.47. The molecule has 6 nitrogen and oxygen atoms in total. The van der Waals surface area contributed by atoms with Crippen molar-refractivity contribution in [2.24, 2.45) is 0 Å². The molecule has 114 valence electrons. The first-order valence-corrected chi connectivity index (χ1v) is 7.19. The molecule has 2 heterocycles. The van der Waals surface area contributed by atoms with Crippen LogP contribution in [-0.4, -0.2) is 24.3 Å².